The summed E-state index contributed by atoms with van der Waals surface area (Å²) in [6, 6.07) is 10.6. The average Bonchev–Trinajstić information content (AvgIpc) is 3.22. The minimum absolute atomic E-state index is 0.0992. The molecule has 1 fully saturated rings. The third kappa shape index (κ3) is 4.47. The van der Waals surface area contributed by atoms with Gasteiger partial charge in [0.15, 0.2) is 0 Å². The summed E-state index contributed by atoms with van der Waals surface area (Å²) in [6.07, 6.45) is 4.49. The Balaban J connectivity index is 1.51. The number of hydrogen-bond donors (Lipinski definition) is 2. The van der Waals surface area contributed by atoms with Gasteiger partial charge < -0.3 is 15.2 Å². The highest BCUT2D eigenvalue weighted by Crippen LogP contribution is 2.34. The van der Waals surface area contributed by atoms with Crippen LogP contribution in [-0.4, -0.2) is 45.7 Å². The fourth-order valence-corrected chi connectivity index (χ4v) is 3.33. The highest BCUT2D eigenvalue weighted by molar-refractivity contribution is 5.34. The van der Waals surface area contributed by atoms with Crippen molar-refractivity contribution < 1.29 is 9.84 Å². The van der Waals surface area contributed by atoms with E-state index in [1.54, 1.807) is 11.0 Å². The number of ether oxygens (including phenoxy) is 1. The number of nitrogens with zero attached hydrogens (tertiary/aromatic N) is 4. The molecule has 0 radical (unpaired) electrons. The molecule has 0 aliphatic carbocycles. The topological polar surface area (TPSA) is 96.0 Å². The van der Waals surface area contributed by atoms with Gasteiger partial charge in [0.25, 0.3) is 0 Å². The monoisotopic (exact) mass is 355 g/mol. The number of nitrogens with one attached hydrogen (secondary N) is 1. The summed E-state index contributed by atoms with van der Waals surface area (Å²) in [6.45, 7) is 3.71. The number of benzene rings is 1. The van der Waals surface area contributed by atoms with E-state index < -0.39 is 11.5 Å². The summed E-state index contributed by atoms with van der Waals surface area (Å²) in [5.41, 5.74) is 1.62. The van der Waals surface area contributed by atoms with E-state index in [1.165, 1.54) is 6.33 Å². The Hall–Kier alpha value is -2.27. The van der Waals surface area contributed by atoms with Crippen molar-refractivity contribution >= 4 is 0 Å². The van der Waals surface area contributed by atoms with Crippen LogP contribution in [0.25, 0.3) is 5.69 Å². The smallest absolute Gasteiger partial charge is 0.138 e. The summed E-state index contributed by atoms with van der Waals surface area (Å²) in [7, 11) is 0. The number of aliphatic hydroxyl groups is 1. The second-order valence-electron chi connectivity index (χ2n) is 6.92. The van der Waals surface area contributed by atoms with Gasteiger partial charge in [-0.15, -0.1) is 0 Å². The first-order valence-corrected chi connectivity index (χ1v) is 8.97. The molecule has 3 rings (SSSR count). The van der Waals surface area contributed by atoms with E-state index >= 15 is 0 Å². The number of aromatic nitrogens is 3. The quantitative estimate of drug-likeness (QED) is 0.788. The minimum atomic E-state index is -0.551. The molecule has 7 heteroatoms. The molecule has 2 atom stereocenters. The molecule has 0 amide bonds. The third-order valence-electron chi connectivity index (χ3n) is 5.05. The Morgan fingerprint density at radius 3 is 2.69 bits per heavy atom. The van der Waals surface area contributed by atoms with Crippen molar-refractivity contribution in [3.8, 4) is 11.8 Å². The predicted octanol–water partition coefficient (Wildman–Crippen LogP) is 1.99. The zero-order chi connectivity index (χ0) is 18.4. The molecule has 0 saturated carbocycles. The van der Waals surface area contributed by atoms with Crippen molar-refractivity contribution in [1.29, 1.82) is 5.26 Å². The van der Waals surface area contributed by atoms with Crippen LogP contribution in [0.15, 0.2) is 36.9 Å². The Morgan fingerprint density at radius 1 is 1.35 bits per heavy atom. The Morgan fingerprint density at radius 2 is 2.08 bits per heavy atom. The molecule has 2 N–H and O–H groups in total. The van der Waals surface area contributed by atoms with Crippen LogP contribution in [0.4, 0.5) is 0 Å². The van der Waals surface area contributed by atoms with Crippen LogP contribution in [0.3, 0.4) is 0 Å². The molecular formula is C19H25N5O2. The lowest BCUT2D eigenvalue weighted by atomic mass is 9.77. The second kappa shape index (κ2) is 8.41. The molecule has 7 nitrogen and oxygen atoms in total. The van der Waals surface area contributed by atoms with E-state index in [9.17, 15) is 10.4 Å². The molecule has 0 spiro atoms. The van der Waals surface area contributed by atoms with Crippen molar-refractivity contribution in [2.45, 2.75) is 38.3 Å². The summed E-state index contributed by atoms with van der Waals surface area (Å²) in [5.74, 6) is 0. The van der Waals surface area contributed by atoms with E-state index in [4.69, 9.17) is 4.74 Å². The van der Waals surface area contributed by atoms with Gasteiger partial charge >= 0.3 is 0 Å². The fraction of sp³-hybridized carbons (Fsp3) is 0.526. The standard InChI is InChI=1S/C19H25N5O2/c1-15(16-2-4-17(5-3-16)24-14-21-13-23-24)22-11-18(25)10-19(12-20)6-8-26-9-7-19/h2-5,13-15,18,22,25H,6-11H2,1H3. The van der Waals surface area contributed by atoms with E-state index in [0.29, 0.717) is 39.0 Å². The molecule has 2 unspecified atom stereocenters. The molecule has 1 aromatic heterocycles. The summed E-state index contributed by atoms with van der Waals surface area (Å²) >= 11 is 0. The largest absolute Gasteiger partial charge is 0.392 e. The zero-order valence-electron chi connectivity index (χ0n) is 15.0. The van der Waals surface area contributed by atoms with Crippen molar-refractivity contribution in [3.05, 3.63) is 42.5 Å². The minimum Gasteiger partial charge on any atom is -0.392 e. The first kappa shape index (κ1) is 18.5. The number of rotatable bonds is 7. The van der Waals surface area contributed by atoms with Crippen LogP contribution in [0.2, 0.25) is 0 Å². The molecule has 26 heavy (non-hydrogen) atoms. The molecule has 1 aromatic carbocycles. The molecular weight excluding hydrogens is 330 g/mol. The van der Waals surface area contributed by atoms with Gasteiger partial charge in [-0.25, -0.2) is 9.67 Å². The first-order valence-electron chi connectivity index (χ1n) is 8.97. The van der Waals surface area contributed by atoms with Gasteiger partial charge in [0.1, 0.15) is 12.7 Å². The molecule has 1 aliphatic heterocycles. The number of nitriles is 1. The predicted molar refractivity (Wildman–Crippen MR) is 96.5 cm³/mol. The van der Waals surface area contributed by atoms with Crippen LogP contribution < -0.4 is 5.32 Å². The summed E-state index contributed by atoms with van der Waals surface area (Å²) in [4.78, 5) is 3.95. The lowest BCUT2D eigenvalue weighted by molar-refractivity contribution is 0.0139. The first-order chi connectivity index (χ1) is 12.6. The van der Waals surface area contributed by atoms with E-state index in [0.717, 1.165) is 11.3 Å². The zero-order valence-corrected chi connectivity index (χ0v) is 15.0. The van der Waals surface area contributed by atoms with E-state index in [-0.39, 0.29) is 6.04 Å². The lowest BCUT2D eigenvalue weighted by Crippen LogP contribution is -2.37. The summed E-state index contributed by atoms with van der Waals surface area (Å²) < 4.78 is 7.05. The van der Waals surface area contributed by atoms with Crippen molar-refractivity contribution in [2.24, 2.45) is 5.41 Å². The molecule has 138 valence electrons. The Labute approximate surface area is 153 Å². The van der Waals surface area contributed by atoms with Gasteiger partial charge in [0.2, 0.25) is 0 Å². The van der Waals surface area contributed by atoms with Gasteiger partial charge in [-0.05, 0) is 43.9 Å². The molecule has 2 aromatic rings. The fourth-order valence-electron chi connectivity index (χ4n) is 3.33. The molecule has 1 aliphatic rings. The average molecular weight is 355 g/mol. The number of hydrogen-bond acceptors (Lipinski definition) is 6. The van der Waals surface area contributed by atoms with Crippen molar-refractivity contribution in [1.82, 2.24) is 20.1 Å². The van der Waals surface area contributed by atoms with Crippen LogP contribution in [0.5, 0.6) is 0 Å². The SMILES string of the molecule is CC(NCC(O)CC1(C#N)CCOCC1)c1ccc(-n2cncn2)cc1. The molecule has 2 heterocycles. The van der Waals surface area contributed by atoms with Crippen molar-refractivity contribution in [2.75, 3.05) is 19.8 Å². The van der Waals surface area contributed by atoms with Gasteiger partial charge in [-0.3, -0.25) is 0 Å². The summed E-state index contributed by atoms with van der Waals surface area (Å²) in [5, 5.41) is 27.4. The van der Waals surface area contributed by atoms with Crippen LogP contribution in [0, 0.1) is 16.7 Å². The third-order valence-corrected chi connectivity index (χ3v) is 5.05. The van der Waals surface area contributed by atoms with Crippen LogP contribution in [0.1, 0.15) is 37.8 Å². The van der Waals surface area contributed by atoms with Crippen LogP contribution >= 0.6 is 0 Å². The lowest BCUT2D eigenvalue weighted by Gasteiger charge is -2.32. The Kier molecular flexibility index (Phi) is 5.99. The number of aliphatic hydroxyl groups excluding tert-OH is 1. The highest BCUT2D eigenvalue weighted by atomic mass is 16.5. The normalized spacial score (nSPS) is 18.8. The Bertz CT molecular complexity index is 717. The van der Waals surface area contributed by atoms with Gasteiger partial charge in [0.05, 0.1) is 23.3 Å². The maximum Gasteiger partial charge on any atom is 0.138 e. The second-order valence-corrected chi connectivity index (χ2v) is 6.92. The van der Waals surface area contributed by atoms with Crippen molar-refractivity contribution in [3.63, 3.8) is 0 Å². The van der Waals surface area contributed by atoms with Gasteiger partial charge in [-0.1, -0.05) is 12.1 Å². The van der Waals surface area contributed by atoms with Crippen LogP contribution in [-0.2, 0) is 4.74 Å². The maximum absolute atomic E-state index is 10.4. The molecule has 1 saturated heterocycles. The van der Waals surface area contributed by atoms with Gasteiger partial charge in [0, 0.05) is 25.8 Å². The van der Waals surface area contributed by atoms with E-state index in [1.807, 2.05) is 24.3 Å². The maximum atomic E-state index is 10.4. The molecule has 0 bridgehead atoms. The van der Waals surface area contributed by atoms with Gasteiger partial charge in [-0.2, -0.15) is 10.4 Å². The van der Waals surface area contributed by atoms with E-state index in [2.05, 4.69) is 28.4 Å². The highest BCUT2D eigenvalue weighted by Gasteiger charge is 2.34.